The third kappa shape index (κ3) is 6.32. The lowest BCUT2D eigenvalue weighted by atomic mass is 10.2. The summed E-state index contributed by atoms with van der Waals surface area (Å²) in [6.45, 7) is 5.06. The summed E-state index contributed by atoms with van der Waals surface area (Å²) < 4.78 is 46.5. The Morgan fingerprint density at radius 1 is 1.25 bits per heavy atom. The summed E-state index contributed by atoms with van der Waals surface area (Å²) in [5.74, 6) is 0.216. The van der Waals surface area contributed by atoms with Crippen molar-refractivity contribution in [3.05, 3.63) is 47.9 Å². The van der Waals surface area contributed by atoms with Gasteiger partial charge in [0, 0.05) is 31.2 Å². The van der Waals surface area contributed by atoms with Crippen LogP contribution in [0, 0.1) is 11.8 Å². The molecule has 0 atom stereocenters. The molecule has 0 radical (unpaired) electrons. The van der Waals surface area contributed by atoms with Gasteiger partial charge in [-0.15, -0.1) is 0 Å². The molecule has 0 saturated heterocycles. The van der Waals surface area contributed by atoms with Gasteiger partial charge in [-0.1, -0.05) is 19.9 Å². The zero-order valence-electron chi connectivity index (χ0n) is 20.3. The van der Waals surface area contributed by atoms with E-state index in [1.54, 1.807) is 30.3 Å². The number of anilines is 1. The Balaban J connectivity index is 1.58. The number of likely N-dealkylation sites (N-methyl/N-ethyl adjacent to an activating group) is 1. The number of hydrogen-bond donors (Lipinski definition) is 1. The summed E-state index contributed by atoms with van der Waals surface area (Å²) in [7, 11) is 1.77. The lowest BCUT2D eigenvalue weighted by Crippen LogP contribution is -2.32. The summed E-state index contributed by atoms with van der Waals surface area (Å²) >= 11 is 0. The van der Waals surface area contributed by atoms with E-state index in [2.05, 4.69) is 15.4 Å². The molecule has 1 aliphatic carbocycles. The van der Waals surface area contributed by atoms with E-state index in [4.69, 9.17) is 4.74 Å². The molecular weight excluding hydrogens is 475 g/mol. The van der Waals surface area contributed by atoms with Crippen LogP contribution in [0.2, 0.25) is 0 Å². The largest absolute Gasteiger partial charge is 0.491 e. The van der Waals surface area contributed by atoms with Crippen molar-refractivity contribution in [2.75, 3.05) is 25.5 Å². The van der Waals surface area contributed by atoms with E-state index in [9.17, 15) is 22.8 Å². The summed E-state index contributed by atoms with van der Waals surface area (Å²) in [6.07, 6.45) is -0.692. The van der Waals surface area contributed by atoms with Crippen molar-refractivity contribution >= 4 is 28.4 Å². The molecule has 192 valence electrons. The molecule has 0 spiro atoms. The molecule has 36 heavy (non-hydrogen) atoms. The Morgan fingerprint density at radius 2 is 2.00 bits per heavy atom. The average Bonchev–Trinajstić information content (AvgIpc) is 3.54. The SMILES string of the molecule is CC(C)COc1cc2nn(CC(=O)N(C)CC3CC3)cc2cc1NC(=O)c1cccc(C(F)(F)F)n1. The van der Waals surface area contributed by atoms with E-state index in [1.807, 2.05) is 13.8 Å². The minimum absolute atomic E-state index is 0.0601. The number of fused-ring (bicyclic) bond motifs is 1. The Kier molecular flexibility index (Phi) is 7.18. The second-order valence-electron chi connectivity index (χ2n) is 9.52. The number of rotatable bonds is 9. The molecule has 1 aromatic carbocycles. The number of carbonyl (C=O) groups is 2. The van der Waals surface area contributed by atoms with Crippen LogP contribution in [0.25, 0.3) is 10.9 Å². The highest BCUT2D eigenvalue weighted by Crippen LogP contribution is 2.32. The van der Waals surface area contributed by atoms with E-state index < -0.39 is 17.8 Å². The van der Waals surface area contributed by atoms with Crippen LogP contribution in [0.1, 0.15) is 42.9 Å². The number of nitrogens with zero attached hydrogens (tertiary/aromatic N) is 4. The van der Waals surface area contributed by atoms with Gasteiger partial charge in [0.25, 0.3) is 5.91 Å². The number of pyridine rings is 1. The van der Waals surface area contributed by atoms with Gasteiger partial charge >= 0.3 is 6.18 Å². The van der Waals surface area contributed by atoms with Gasteiger partial charge in [-0.25, -0.2) is 4.98 Å². The zero-order valence-corrected chi connectivity index (χ0v) is 20.3. The van der Waals surface area contributed by atoms with Crippen molar-refractivity contribution in [3.8, 4) is 5.75 Å². The molecule has 8 nitrogen and oxygen atoms in total. The summed E-state index contributed by atoms with van der Waals surface area (Å²) in [5, 5.41) is 7.72. The first-order valence-corrected chi connectivity index (χ1v) is 11.7. The number of alkyl halides is 3. The lowest BCUT2D eigenvalue weighted by molar-refractivity contribution is -0.141. The molecule has 0 bridgehead atoms. The highest BCUT2D eigenvalue weighted by Gasteiger charge is 2.33. The molecule has 1 N–H and O–H groups in total. The highest BCUT2D eigenvalue weighted by atomic mass is 19.4. The summed E-state index contributed by atoms with van der Waals surface area (Å²) in [4.78, 5) is 30.5. The third-order valence-electron chi connectivity index (χ3n) is 5.70. The fraction of sp³-hybridized carbons (Fsp3) is 0.440. The van der Waals surface area contributed by atoms with Crippen LogP contribution in [-0.4, -0.2) is 51.7 Å². The first kappa shape index (κ1) is 25.5. The first-order valence-electron chi connectivity index (χ1n) is 11.7. The normalized spacial score (nSPS) is 13.8. The highest BCUT2D eigenvalue weighted by molar-refractivity contribution is 6.05. The standard InChI is InChI=1S/C25H28F3N5O3/c1-15(2)14-36-21-10-19-17(12-33(31-19)13-23(34)32(3)11-16-7-8-16)9-20(21)30-24(35)18-5-4-6-22(29-18)25(26,27)28/h4-6,9-10,12,15-16H,7-8,11,13-14H2,1-3H3,(H,30,35). The van der Waals surface area contributed by atoms with Gasteiger partial charge in [0.05, 0.1) is 17.8 Å². The minimum Gasteiger partial charge on any atom is -0.491 e. The maximum absolute atomic E-state index is 13.0. The van der Waals surface area contributed by atoms with Crippen LogP contribution in [0.3, 0.4) is 0 Å². The molecule has 1 saturated carbocycles. The van der Waals surface area contributed by atoms with Gasteiger partial charge in [-0.2, -0.15) is 18.3 Å². The van der Waals surface area contributed by atoms with Crippen LogP contribution in [0.5, 0.6) is 5.75 Å². The molecular formula is C25H28F3N5O3. The van der Waals surface area contributed by atoms with Crippen LogP contribution in [-0.2, 0) is 17.5 Å². The molecule has 11 heteroatoms. The number of halogens is 3. The van der Waals surface area contributed by atoms with E-state index in [0.29, 0.717) is 29.2 Å². The molecule has 1 fully saturated rings. The van der Waals surface area contributed by atoms with Crippen molar-refractivity contribution in [1.29, 1.82) is 0 Å². The zero-order chi connectivity index (χ0) is 26.0. The molecule has 2 amide bonds. The van der Waals surface area contributed by atoms with E-state index >= 15 is 0 Å². The minimum atomic E-state index is -4.67. The average molecular weight is 504 g/mol. The predicted octanol–water partition coefficient (Wildman–Crippen LogP) is 4.61. The second kappa shape index (κ2) is 10.2. The number of aromatic nitrogens is 3. The maximum Gasteiger partial charge on any atom is 0.433 e. The monoisotopic (exact) mass is 503 g/mol. The third-order valence-corrected chi connectivity index (χ3v) is 5.70. The number of nitrogens with one attached hydrogen (secondary N) is 1. The van der Waals surface area contributed by atoms with Crippen molar-refractivity contribution in [1.82, 2.24) is 19.7 Å². The molecule has 3 aromatic rings. The molecule has 2 heterocycles. The number of amides is 2. The predicted molar refractivity (Wildman–Crippen MR) is 128 cm³/mol. The van der Waals surface area contributed by atoms with Gasteiger partial charge in [0.1, 0.15) is 23.7 Å². The van der Waals surface area contributed by atoms with Crippen molar-refractivity contribution in [2.45, 2.75) is 39.4 Å². The topological polar surface area (TPSA) is 89.4 Å². The Morgan fingerprint density at radius 3 is 2.67 bits per heavy atom. The van der Waals surface area contributed by atoms with Gasteiger partial charge in [-0.05, 0) is 42.9 Å². The van der Waals surface area contributed by atoms with Gasteiger partial charge in [0.2, 0.25) is 5.91 Å². The Labute approximate surface area is 206 Å². The van der Waals surface area contributed by atoms with Crippen molar-refractivity contribution in [2.24, 2.45) is 11.8 Å². The number of carbonyl (C=O) groups excluding carboxylic acids is 2. The fourth-order valence-corrected chi connectivity index (χ4v) is 3.61. The van der Waals surface area contributed by atoms with Gasteiger partial charge in [0.15, 0.2) is 0 Å². The number of hydrogen-bond acceptors (Lipinski definition) is 5. The quantitative estimate of drug-likeness (QED) is 0.461. The number of benzene rings is 1. The van der Waals surface area contributed by atoms with Gasteiger partial charge < -0.3 is 15.0 Å². The molecule has 0 unspecified atom stereocenters. The van der Waals surface area contributed by atoms with Crippen LogP contribution >= 0.6 is 0 Å². The van der Waals surface area contributed by atoms with E-state index in [1.165, 1.54) is 10.7 Å². The van der Waals surface area contributed by atoms with Crippen LogP contribution in [0.4, 0.5) is 18.9 Å². The summed E-state index contributed by atoms with van der Waals surface area (Å²) in [5.41, 5.74) is -0.704. The maximum atomic E-state index is 13.0. The Bertz CT molecular complexity index is 1270. The Hall–Kier alpha value is -3.63. The molecule has 4 rings (SSSR count). The van der Waals surface area contributed by atoms with Crippen molar-refractivity contribution < 1.29 is 27.5 Å². The summed E-state index contributed by atoms with van der Waals surface area (Å²) in [6, 6.07) is 6.41. The van der Waals surface area contributed by atoms with Crippen molar-refractivity contribution in [3.63, 3.8) is 0 Å². The second-order valence-corrected chi connectivity index (χ2v) is 9.52. The molecule has 0 aliphatic heterocycles. The lowest BCUT2D eigenvalue weighted by Gasteiger charge is -2.16. The van der Waals surface area contributed by atoms with E-state index in [-0.39, 0.29) is 29.8 Å². The number of ether oxygens (including phenoxy) is 1. The van der Waals surface area contributed by atoms with Crippen LogP contribution < -0.4 is 10.1 Å². The molecule has 2 aromatic heterocycles. The van der Waals surface area contributed by atoms with Gasteiger partial charge in [-0.3, -0.25) is 14.3 Å². The fourth-order valence-electron chi connectivity index (χ4n) is 3.61. The smallest absolute Gasteiger partial charge is 0.433 e. The van der Waals surface area contributed by atoms with E-state index in [0.717, 1.165) is 31.5 Å². The van der Waals surface area contributed by atoms with Crippen LogP contribution in [0.15, 0.2) is 36.5 Å². The first-order chi connectivity index (χ1) is 17.0. The molecule has 1 aliphatic rings.